The number of hydrogen-bond acceptors (Lipinski definition) is 5. The van der Waals surface area contributed by atoms with Crippen molar-refractivity contribution in [2.24, 2.45) is 0 Å². The molecule has 3 heterocycles. The molecule has 1 fully saturated rings. The third kappa shape index (κ3) is 3.45. The maximum absolute atomic E-state index is 13.0. The Bertz CT molecular complexity index is 782. The van der Waals surface area contributed by atoms with E-state index in [1.54, 1.807) is 11.3 Å². The molecule has 0 spiro atoms. The molecule has 0 aliphatic carbocycles. The highest BCUT2D eigenvalue weighted by Crippen LogP contribution is 2.42. The topological polar surface area (TPSA) is 50.8 Å². The number of nitrogens with zero attached hydrogens (tertiary/aromatic N) is 1. The first kappa shape index (κ1) is 16.3. The number of anilines is 1. The van der Waals surface area contributed by atoms with Gasteiger partial charge in [0.25, 0.3) is 0 Å². The van der Waals surface area contributed by atoms with E-state index in [4.69, 9.17) is 0 Å². The predicted octanol–water partition coefficient (Wildman–Crippen LogP) is 3.85. The molecule has 2 aliphatic rings. The number of alkyl halides is 2. The van der Waals surface area contributed by atoms with Crippen LogP contribution in [-0.2, 0) is 4.79 Å². The zero-order valence-corrected chi connectivity index (χ0v) is 14.0. The minimum Gasteiger partial charge on any atom is -0.395 e. The summed E-state index contributed by atoms with van der Waals surface area (Å²) in [6.45, 7) is 1.12. The summed E-state index contributed by atoms with van der Waals surface area (Å²) in [5.41, 5.74) is 0.400. The SMILES string of the molecule is O=C(CN1CCC[C@H]1c1cccs1)Nc1ccc2c(c1)OC(F)(F)O2. The molecule has 1 N–H and O–H groups in total. The average molecular weight is 366 g/mol. The summed E-state index contributed by atoms with van der Waals surface area (Å²) in [6.07, 6.45) is -1.57. The Balaban J connectivity index is 1.40. The summed E-state index contributed by atoms with van der Waals surface area (Å²) in [5, 5.41) is 4.77. The fraction of sp³-hybridized carbons (Fsp3) is 0.353. The fourth-order valence-corrected chi connectivity index (χ4v) is 4.13. The van der Waals surface area contributed by atoms with Crippen LogP contribution in [0, 0.1) is 0 Å². The number of benzene rings is 1. The number of halogens is 2. The Morgan fingerprint density at radius 3 is 2.96 bits per heavy atom. The van der Waals surface area contributed by atoms with Gasteiger partial charge in [-0.25, -0.2) is 0 Å². The maximum atomic E-state index is 13.0. The highest BCUT2D eigenvalue weighted by atomic mass is 32.1. The van der Waals surface area contributed by atoms with Gasteiger partial charge in [-0.15, -0.1) is 20.1 Å². The molecular weight excluding hydrogens is 350 g/mol. The van der Waals surface area contributed by atoms with Crippen molar-refractivity contribution in [1.29, 1.82) is 0 Å². The Morgan fingerprint density at radius 2 is 2.16 bits per heavy atom. The molecule has 2 aliphatic heterocycles. The molecule has 1 aromatic heterocycles. The summed E-state index contributed by atoms with van der Waals surface area (Å²) in [6, 6.07) is 8.58. The van der Waals surface area contributed by atoms with Gasteiger partial charge in [0.15, 0.2) is 11.5 Å². The van der Waals surface area contributed by atoms with Gasteiger partial charge in [-0.05, 0) is 43.0 Å². The minimum absolute atomic E-state index is 0.0414. The van der Waals surface area contributed by atoms with Crippen LogP contribution in [0.5, 0.6) is 11.5 Å². The lowest BCUT2D eigenvalue weighted by Crippen LogP contribution is -2.32. The van der Waals surface area contributed by atoms with E-state index in [2.05, 4.69) is 25.8 Å². The van der Waals surface area contributed by atoms with Gasteiger partial charge in [0.2, 0.25) is 5.91 Å². The number of thiophene rings is 1. The first-order chi connectivity index (χ1) is 12.0. The number of likely N-dealkylation sites (tertiary alicyclic amines) is 1. The Hall–Kier alpha value is -2.19. The number of carbonyl (C=O) groups is 1. The van der Waals surface area contributed by atoms with Gasteiger partial charge >= 0.3 is 6.29 Å². The summed E-state index contributed by atoms with van der Waals surface area (Å²) in [4.78, 5) is 15.7. The minimum atomic E-state index is -3.66. The number of hydrogen-bond donors (Lipinski definition) is 1. The van der Waals surface area contributed by atoms with Crippen molar-refractivity contribution < 1.29 is 23.0 Å². The zero-order chi connectivity index (χ0) is 17.4. The van der Waals surface area contributed by atoms with E-state index in [-0.39, 0.29) is 30.0 Å². The Morgan fingerprint density at radius 1 is 1.32 bits per heavy atom. The molecule has 2 aromatic rings. The number of ether oxygens (including phenoxy) is 2. The van der Waals surface area contributed by atoms with Gasteiger partial charge in [0, 0.05) is 22.7 Å². The van der Waals surface area contributed by atoms with Crippen molar-refractivity contribution in [2.45, 2.75) is 25.2 Å². The molecule has 4 rings (SSSR count). The van der Waals surface area contributed by atoms with Crippen LogP contribution in [-0.4, -0.2) is 30.2 Å². The molecule has 5 nitrogen and oxygen atoms in total. The molecule has 1 aromatic carbocycles. The second kappa shape index (κ2) is 6.27. The van der Waals surface area contributed by atoms with Crippen molar-refractivity contribution in [3.63, 3.8) is 0 Å². The van der Waals surface area contributed by atoms with Crippen molar-refractivity contribution in [1.82, 2.24) is 4.90 Å². The number of rotatable bonds is 4. The van der Waals surface area contributed by atoms with Gasteiger partial charge in [0.05, 0.1) is 6.54 Å². The van der Waals surface area contributed by atoms with E-state index in [1.807, 2.05) is 11.4 Å². The van der Waals surface area contributed by atoms with Crippen molar-refractivity contribution >= 4 is 22.9 Å². The second-order valence-electron chi connectivity index (χ2n) is 6.02. The van der Waals surface area contributed by atoms with E-state index >= 15 is 0 Å². The highest BCUT2D eigenvalue weighted by Gasteiger charge is 2.43. The first-order valence-corrected chi connectivity index (χ1v) is 8.85. The zero-order valence-electron chi connectivity index (χ0n) is 13.2. The fourth-order valence-electron chi connectivity index (χ4n) is 3.23. The van der Waals surface area contributed by atoms with Crippen molar-refractivity contribution in [3.05, 3.63) is 40.6 Å². The van der Waals surface area contributed by atoms with E-state index in [1.165, 1.54) is 23.1 Å². The summed E-state index contributed by atoms with van der Waals surface area (Å²) in [7, 11) is 0. The number of fused-ring (bicyclic) bond motifs is 1. The second-order valence-corrected chi connectivity index (χ2v) is 7.00. The number of amides is 1. The first-order valence-electron chi connectivity index (χ1n) is 7.97. The monoisotopic (exact) mass is 366 g/mol. The van der Waals surface area contributed by atoms with Crippen LogP contribution in [0.25, 0.3) is 0 Å². The van der Waals surface area contributed by atoms with Crippen LogP contribution in [0.2, 0.25) is 0 Å². The number of carbonyl (C=O) groups excluding carboxylic acids is 1. The van der Waals surface area contributed by atoms with Gasteiger partial charge < -0.3 is 14.8 Å². The molecule has 1 atom stereocenters. The molecular formula is C17H16F2N2O3S. The summed E-state index contributed by atoms with van der Waals surface area (Å²) in [5.74, 6) is -0.310. The van der Waals surface area contributed by atoms with Crippen LogP contribution < -0.4 is 14.8 Å². The van der Waals surface area contributed by atoms with Gasteiger partial charge in [-0.3, -0.25) is 9.69 Å². The van der Waals surface area contributed by atoms with Crippen molar-refractivity contribution in [3.8, 4) is 11.5 Å². The third-order valence-corrected chi connectivity index (χ3v) is 5.24. The van der Waals surface area contributed by atoms with E-state index in [9.17, 15) is 13.6 Å². The van der Waals surface area contributed by atoms with Crippen LogP contribution in [0.1, 0.15) is 23.8 Å². The maximum Gasteiger partial charge on any atom is 0.586 e. The molecule has 0 unspecified atom stereocenters. The molecule has 8 heteroatoms. The lowest BCUT2D eigenvalue weighted by atomic mass is 10.2. The molecule has 1 amide bonds. The van der Waals surface area contributed by atoms with Crippen molar-refractivity contribution in [2.75, 3.05) is 18.4 Å². The van der Waals surface area contributed by atoms with Crippen LogP contribution in [0.15, 0.2) is 35.7 Å². The van der Waals surface area contributed by atoms with Gasteiger partial charge in [0.1, 0.15) is 0 Å². The van der Waals surface area contributed by atoms with Gasteiger partial charge in [-0.1, -0.05) is 6.07 Å². The molecule has 0 saturated carbocycles. The number of nitrogens with one attached hydrogen (secondary N) is 1. The molecule has 0 bridgehead atoms. The Labute approximate surface area is 147 Å². The highest BCUT2D eigenvalue weighted by molar-refractivity contribution is 7.10. The quantitative estimate of drug-likeness (QED) is 0.893. The van der Waals surface area contributed by atoms with E-state index in [0.717, 1.165) is 19.4 Å². The summed E-state index contributed by atoms with van der Waals surface area (Å²) < 4.78 is 34.8. The normalized spacial score (nSPS) is 21.4. The van der Waals surface area contributed by atoms with Gasteiger partial charge in [-0.2, -0.15) is 0 Å². The lowest BCUT2D eigenvalue weighted by molar-refractivity contribution is -0.286. The standard InChI is InChI=1S/C17H16F2N2O3S/c18-17(19)23-13-6-5-11(9-14(13)24-17)20-16(22)10-21-7-1-3-12(21)15-4-2-8-25-15/h2,4-6,8-9,12H,1,3,7,10H2,(H,20,22)/t12-/m0/s1. The molecule has 1 saturated heterocycles. The average Bonchev–Trinajstić information content (AvgIpc) is 3.24. The summed E-state index contributed by atoms with van der Waals surface area (Å²) >= 11 is 1.69. The largest absolute Gasteiger partial charge is 0.586 e. The van der Waals surface area contributed by atoms with Crippen LogP contribution >= 0.6 is 11.3 Å². The van der Waals surface area contributed by atoms with E-state index < -0.39 is 6.29 Å². The predicted molar refractivity (Wildman–Crippen MR) is 89.1 cm³/mol. The molecule has 0 radical (unpaired) electrons. The molecule has 25 heavy (non-hydrogen) atoms. The molecule has 132 valence electrons. The van der Waals surface area contributed by atoms with Crippen LogP contribution in [0.4, 0.5) is 14.5 Å². The van der Waals surface area contributed by atoms with Crippen LogP contribution in [0.3, 0.4) is 0 Å². The Kier molecular flexibility index (Phi) is 4.09. The smallest absolute Gasteiger partial charge is 0.395 e. The van der Waals surface area contributed by atoms with E-state index in [0.29, 0.717) is 5.69 Å². The third-order valence-electron chi connectivity index (χ3n) is 4.27. The lowest BCUT2D eigenvalue weighted by Gasteiger charge is -2.22.